The van der Waals surface area contributed by atoms with Crippen molar-refractivity contribution in [2.45, 2.75) is 378 Å². The monoisotopic (exact) mass is 1170 g/mol. The van der Waals surface area contributed by atoms with Gasteiger partial charge in [-0.25, -0.2) is 0 Å². The van der Waals surface area contributed by atoms with E-state index >= 15 is 0 Å². The van der Waals surface area contributed by atoms with Gasteiger partial charge in [0.25, 0.3) is 0 Å². The van der Waals surface area contributed by atoms with Crippen LogP contribution >= 0.6 is 0 Å². The Morgan fingerprint density at radius 2 is 0.819 bits per heavy atom. The average Bonchev–Trinajstić information content (AvgIpc) is 3.52. The summed E-state index contributed by atoms with van der Waals surface area (Å²) in [5.74, 6) is -0.189. The highest BCUT2D eigenvalue weighted by Crippen LogP contribution is 2.23. The Hall–Kier alpha value is -2.38. The molecule has 1 amide bonds. The minimum absolute atomic E-state index is 0.00783. The third-order valence-corrected chi connectivity index (χ3v) is 16.7. The molecule has 0 aliphatic carbocycles. The van der Waals surface area contributed by atoms with Crippen molar-refractivity contribution in [1.82, 2.24) is 5.32 Å². The Morgan fingerprint density at radius 3 is 1.27 bits per heavy atom. The molecule has 1 aliphatic rings. The number of nitrogens with one attached hydrogen (secondary N) is 1. The zero-order valence-corrected chi connectivity index (χ0v) is 53.9. The molecule has 0 radical (unpaired) electrons. The molecule has 0 aromatic carbocycles. The van der Waals surface area contributed by atoms with Crippen LogP contribution in [-0.2, 0) is 23.8 Å². The van der Waals surface area contributed by atoms with Crippen LogP contribution in [0.15, 0.2) is 48.6 Å². The lowest BCUT2D eigenvalue weighted by atomic mass is 9.99. The fourth-order valence-electron chi connectivity index (χ4n) is 11.0. The highest BCUT2D eigenvalue weighted by molar-refractivity contribution is 5.76. The molecule has 1 aliphatic heterocycles. The first-order valence-electron chi connectivity index (χ1n) is 35.4. The number of carbonyl (C=O) groups is 2. The molecule has 1 fully saturated rings. The molecule has 0 spiro atoms. The maximum Gasteiger partial charge on any atom is 0.305 e. The second-order valence-corrected chi connectivity index (χ2v) is 24.6. The molecule has 0 bridgehead atoms. The predicted octanol–water partition coefficient (Wildman–Crippen LogP) is 18.0. The van der Waals surface area contributed by atoms with E-state index < -0.39 is 49.5 Å². The Labute approximate surface area is 510 Å². The van der Waals surface area contributed by atoms with Gasteiger partial charge in [0.2, 0.25) is 5.91 Å². The Balaban J connectivity index is 2.02. The lowest BCUT2D eigenvalue weighted by molar-refractivity contribution is -0.302. The number of rotatable bonds is 62. The normalized spacial score (nSPS) is 18.4. The quantitative estimate of drug-likeness (QED) is 0.0195. The van der Waals surface area contributed by atoms with Crippen LogP contribution < -0.4 is 5.32 Å². The number of aliphatic hydroxyl groups excluding tert-OH is 5. The molecule has 11 heteroatoms. The van der Waals surface area contributed by atoms with Gasteiger partial charge >= 0.3 is 5.97 Å². The molecule has 6 N–H and O–H groups in total. The summed E-state index contributed by atoms with van der Waals surface area (Å²) in [6, 6.07) is -0.812. The molecular formula is C72H133NO10. The maximum atomic E-state index is 13.1. The second kappa shape index (κ2) is 61.3. The highest BCUT2D eigenvalue weighted by Gasteiger charge is 2.44. The summed E-state index contributed by atoms with van der Waals surface area (Å²) in [6.07, 6.45) is 69.4. The number of aliphatic hydroxyl groups is 5. The minimum Gasteiger partial charge on any atom is -0.466 e. The number of amides is 1. The van der Waals surface area contributed by atoms with Crippen molar-refractivity contribution in [3.8, 4) is 0 Å². The van der Waals surface area contributed by atoms with E-state index in [4.69, 9.17) is 14.2 Å². The number of esters is 1. The van der Waals surface area contributed by atoms with Crippen molar-refractivity contribution in [3.05, 3.63) is 48.6 Å². The molecule has 0 saturated carbocycles. The van der Waals surface area contributed by atoms with E-state index in [0.29, 0.717) is 19.4 Å². The zero-order valence-electron chi connectivity index (χ0n) is 53.9. The molecule has 1 heterocycles. The first-order chi connectivity index (χ1) is 40.7. The molecular weight excluding hydrogens is 1040 g/mol. The topological polar surface area (TPSA) is 175 Å². The van der Waals surface area contributed by atoms with Gasteiger partial charge in [-0.2, -0.15) is 0 Å². The predicted molar refractivity (Wildman–Crippen MR) is 347 cm³/mol. The van der Waals surface area contributed by atoms with Crippen LogP contribution in [0.5, 0.6) is 0 Å². The van der Waals surface area contributed by atoms with E-state index in [1.54, 1.807) is 6.08 Å². The van der Waals surface area contributed by atoms with Crippen molar-refractivity contribution in [1.29, 1.82) is 0 Å². The zero-order chi connectivity index (χ0) is 60.2. The van der Waals surface area contributed by atoms with E-state index in [-0.39, 0.29) is 18.5 Å². The summed E-state index contributed by atoms with van der Waals surface area (Å²) < 4.78 is 16.7. The summed E-state index contributed by atoms with van der Waals surface area (Å²) in [5, 5.41) is 54.6. The smallest absolute Gasteiger partial charge is 0.305 e. The van der Waals surface area contributed by atoms with E-state index in [2.05, 4.69) is 55.6 Å². The molecule has 486 valence electrons. The molecule has 83 heavy (non-hydrogen) atoms. The molecule has 7 atom stereocenters. The van der Waals surface area contributed by atoms with E-state index in [9.17, 15) is 35.1 Å². The minimum atomic E-state index is -1.57. The van der Waals surface area contributed by atoms with Crippen LogP contribution in [-0.4, -0.2) is 100 Å². The van der Waals surface area contributed by atoms with Gasteiger partial charge in [-0.05, 0) is 83.5 Å². The lowest BCUT2D eigenvalue weighted by Crippen LogP contribution is -2.60. The first kappa shape index (κ1) is 78.6. The molecule has 1 saturated heterocycles. The Kier molecular flexibility index (Phi) is 58.0. The fourth-order valence-corrected chi connectivity index (χ4v) is 11.0. The van der Waals surface area contributed by atoms with Crippen molar-refractivity contribution < 1.29 is 49.3 Å². The number of ether oxygens (including phenoxy) is 3. The van der Waals surface area contributed by atoms with Gasteiger partial charge in [-0.3, -0.25) is 9.59 Å². The fraction of sp³-hybridized carbons (Fsp3) is 0.861. The Morgan fingerprint density at radius 1 is 0.446 bits per heavy atom. The molecule has 0 aromatic heterocycles. The van der Waals surface area contributed by atoms with Crippen molar-refractivity contribution >= 4 is 11.9 Å². The van der Waals surface area contributed by atoms with Crippen LogP contribution in [0.2, 0.25) is 0 Å². The number of unbranched alkanes of at least 4 members (excludes halogenated alkanes) is 42. The van der Waals surface area contributed by atoms with Crippen LogP contribution in [0.3, 0.4) is 0 Å². The van der Waals surface area contributed by atoms with E-state index in [1.807, 2.05) is 6.08 Å². The van der Waals surface area contributed by atoms with Crippen molar-refractivity contribution in [3.63, 3.8) is 0 Å². The summed E-state index contributed by atoms with van der Waals surface area (Å²) in [5.41, 5.74) is 0. The Bertz CT molecular complexity index is 1520. The van der Waals surface area contributed by atoms with Crippen LogP contribution in [0.25, 0.3) is 0 Å². The van der Waals surface area contributed by atoms with Gasteiger partial charge in [0.15, 0.2) is 6.29 Å². The standard InChI is InChI=1S/C72H133NO10/c1-3-5-7-9-11-13-15-16-32-35-39-42-46-50-54-58-65(75)64(63-82-72-71(80)70(79)69(78)66(62-74)83-72)73-67(76)59-55-51-47-43-40-36-33-30-28-26-24-22-20-18-17-19-21-23-25-27-29-31-34-37-41-45-49-53-57-61-81-68(77)60-56-52-48-44-38-14-12-10-8-6-4-2/h10,12,17,19,23,25,54,58,64-66,69-72,74-75,78-80H,3-9,11,13-16,18,20-22,24,26-53,55-57,59-63H2,1-2H3,(H,73,76)/b12-10-,19-17-,25-23-,58-54+. The van der Waals surface area contributed by atoms with Gasteiger partial charge in [0, 0.05) is 12.8 Å². The maximum absolute atomic E-state index is 13.1. The largest absolute Gasteiger partial charge is 0.466 e. The van der Waals surface area contributed by atoms with Crippen molar-refractivity contribution in [2.75, 3.05) is 19.8 Å². The lowest BCUT2D eigenvalue weighted by Gasteiger charge is -2.40. The highest BCUT2D eigenvalue weighted by atomic mass is 16.7. The van der Waals surface area contributed by atoms with Gasteiger partial charge in [-0.1, -0.05) is 287 Å². The molecule has 1 rings (SSSR count). The first-order valence-corrected chi connectivity index (χ1v) is 35.4. The summed E-state index contributed by atoms with van der Waals surface area (Å²) in [4.78, 5) is 25.1. The SMILES string of the molecule is CCCC/C=C\CCCCCCCC(=O)OCCCCCCCCCCC/C=C\C/C=C\CCCCCCCCCCCCCCCC(=O)NC(COC1OC(CO)C(O)C(O)C1O)C(O)/C=C/CCCCCCCCCCCCCCC. The molecule has 0 aromatic rings. The number of carbonyl (C=O) groups excluding carboxylic acids is 2. The van der Waals surface area contributed by atoms with Gasteiger partial charge in [0.05, 0.1) is 32.0 Å². The van der Waals surface area contributed by atoms with Crippen LogP contribution in [0.1, 0.15) is 335 Å². The number of allylic oxidation sites excluding steroid dienone is 7. The van der Waals surface area contributed by atoms with Gasteiger partial charge < -0.3 is 45.1 Å². The molecule has 11 nitrogen and oxygen atoms in total. The summed E-state index contributed by atoms with van der Waals surface area (Å²) in [6.45, 7) is 4.33. The summed E-state index contributed by atoms with van der Waals surface area (Å²) in [7, 11) is 0. The second-order valence-electron chi connectivity index (χ2n) is 24.6. The number of hydrogen-bond acceptors (Lipinski definition) is 10. The van der Waals surface area contributed by atoms with Crippen LogP contribution in [0, 0.1) is 0 Å². The number of hydrogen-bond donors (Lipinski definition) is 6. The third kappa shape index (κ3) is 50.3. The van der Waals surface area contributed by atoms with Gasteiger partial charge in [-0.15, -0.1) is 0 Å². The van der Waals surface area contributed by atoms with E-state index in [0.717, 1.165) is 64.2 Å². The van der Waals surface area contributed by atoms with Crippen LogP contribution in [0.4, 0.5) is 0 Å². The van der Waals surface area contributed by atoms with Gasteiger partial charge in [0.1, 0.15) is 24.4 Å². The third-order valence-electron chi connectivity index (χ3n) is 16.7. The van der Waals surface area contributed by atoms with Crippen molar-refractivity contribution in [2.24, 2.45) is 0 Å². The van der Waals surface area contributed by atoms with E-state index in [1.165, 1.54) is 244 Å². The molecule has 7 unspecified atom stereocenters. The summed E-state index contributed by atoms with van der Waals surface area (Å²) >= 11 is 0. The average molecular weight is 1170 g/mol.